The highest BCUT2D eigenvalue weighted by atomic mass is 16.1. The van der Waals surface area contributed by atoms with Crippen LogP contribution in [0.3, 0.4) is 0 Å². The third-order valence-electron chi connectivity index (χ3n) is 3.34. The van der Waals surface area contributed by atoms with Gasteiger partial charge in [0, 0.05) is 19.4 Å². The van der Waals surface area contributed by atoms with Crippen LogP contribution in [0.1, 0.15) is 29.9 Å². The average molecular weight is 253 g/mol. The molecule has 0 bridgehead atoms. The van der Waals surface area contributed by atoms with Gasteiger partial charge in [0.05, 0.1) is 0 Å². The third kappa shape index (κ3) is 3.68. The molecule has 2 heteroatoms. The van der Waals surface area contributed by atoms with Crippen LogP contribution >= 0.6 is 0 Å². The van der Waals surface area contributed by atoms with Crippen molar-refractivity contribution in [1.29, 1.82) is 0 Å². The largest absolute Gasteiger partial charge is 0.359 e. The van der Waals surface area contributed by atoms with Crippen molar-refractivity contribution in [3.05, 3.63) is 71.8 Å². The van der Waals surface area contributed by atoms with Gasteiger partial charge in [0.1, 0.15) is 0 Å². The van der Waals surface area contributed by atoms with E-state index in [-0.39, 0.29) is 11.8 Å². The van der Waals surface area contributed by atoms with E-state index < -0.39 is 0 Å². The fourth-order valence-corrected chi connectivity index (χ4v) is 2.30. The summed E-state index contributed by atoms with van der Waals surface area (Å²) in [6.45, 7) is 0. The van der Waals surface area contributed by atoms with E-state index in [2.05, 4.69) is 29.6 Å². The summed E-state index contributed by atoms with van der Waals surface area (Å²) >= 11 is 0. The second kappa shape index (κ2) is 6.74. The third-order valence-corrected chi connectivity index (χ3v) is 3.34. The second-order valence-electron chi connectivity index (χ2n) is 4.59. The highest BCUT2D eigenvalue weighted by molar-refractivity contribution is 5.75. The Balaban J connectivity index is 2.21. The molecular weight excluding hydrogens is 234 g/mol. The van der Waals surface area contributed by atoms with Crippen LogP contribution in [0.25, 0.3) is 0 Å². The number of carbonyl (C=O) groups is 1. The van der Waals surface area contributed by atoms with Gasteiger partial charge >= 0.3 is 0 Å². The Bertz CT molecular complexity index is 468. The summed E-state index contributed by atoms with van der Waals surface area (Å²) in [5.74, 6) is 0.372. The van der Waals surface area contributed by atoms with E-state index in [0.29, 0.717) is 6.42 Å². The number of rotatable bonds is 5. The van der Waals surface area contributed by atoms with Crippen molar-refractivity contribution in [2.45, 2.75) is 18.8 Å². The predicted octanol–water partition coefficient (Wildman–Crippen LogP) is 3.34. The van der Waals surface area contributed by atoms with Crippen molar-refractivity contribution in [1.82, 2.24) is 5.32 Å². The van der Waals surface area contributed by atoms with Crippen molar-refractivity contribution in [3.63, 3.8) is 0 Å². The average Bonchev–Trinajstić information content (AvgIpc) is 2.49. The molecule has 2 aromatic carbocycles. The van der Waals surface area contributed by atoms with E-state index in [1.54, 1.807) is 7.05 Å². The zero-order valence-corrected chi connectivity index (χ0v) is 11.2. The monoisotopic (exact) mass is 253 g/mol. The second-order valence-corrected chi connectivity index (χ2v) is 4.59. The van der Waals surface area contributed by atoms with Gasteiger partial charge in [-0.2, -0.15) is 0 Å². The van der Waals surface area contributed by atoms with Crippen LogP contribution in [0.4, 0.5) is 0 Å². The topological polar surface area (TPSA) is 29.1 Å². The molecule has 2 aromatic rings. The molecule has 0 atom stereocenters. The molecule has 0 saturated heterocycles. The Morgan fingerprint density at radius 1 is 0.947 bits per heavy atom. The molecule has 0 saturated carbocycles. The van der Waals surface area contributed by atoms with Gasteiger partial charge in [-0.05, 0) is 17.5 Å². The molecule has 19 heavy (non-hydrogen) atoms. The van der Waals surface area contributed by atoms with Gasteiger partial charge in [-0.15, -0.1) is 0 Å². The standard InChI is InChI=1S/C17H19NO/c1-18-17(19)13-12-16(14-8-4-2-5-9-14)15-10-6-3-7-11-15/h2-11,16H,12-13H2,1H3,(H,18,19). The van der Waals surface area contributed by atoms with Crippen molar-refractivity contribution in [2.24, 2.45) is 0 Å². The summed E-state index contributed by atoms with van der Waals surface area (Å²) in [5.41, 5.74) is 2.52. The molecule has 0 aliphatic heterocycles. The maximum absolute atomic E-state index is 11.5. The first-order chi connectivity index (χ1) is 9.31. The number of amides is 1. The van der Waals surface area contributed by atoms with Crippen LogP contribution in [0.2, 0.25) is 0 Å². The normalized spacial score (nSPS) is 10.4. The Morgan fingerprint density at radius 2 is 1.42 bits per heavy atom. The smallest absolute Gasteiger partial charge is 0.219 e. The Morgan fingerprint density at radius 3 is 1.84 bits per heavy atom. The summed E-state index contributed by atoms with van der Waals surface area (Å²) in [6.07, 6.45) is 1.37. The molecule has 0 fully saturated rings. The first-order valence-electron chi connectivity index (χ1n) is 6.61. The van der Waals surface area contributed by atoms with Crippen molar-refractivity contribution in [2.75, 3.05) is 7.05 Å². The highest BCUT2D eigenvalue weighted by Gasteiger charge is 2.14. The van der Waals surface area contributed by atoms with Crippen LogP contribution in [0.15, 0.2) is 60.7 Å². The molecule has 0 heterocycles. The van der Waals surface area contributed by atoms with E-state index in [1.165, 1.54) is 11.1 Å². The van der Waals surface area contributed by atoms with Crippen LogP contribution in [0.5, 0.6) is 0 Å². The lowest BCUT2D eigenvalue weighted by Crippen LogP contribution is -2.18. The molecule has 0 spiro atoms. The molecular formula is C17H19NO. The quantitative estimate of drug-likeness (QED) is 0.870. The van der Waals surface area contributed by atoms with Gasteiger partial charge in [0.15, 0.2) is 0 Å². The molecule has 2 nitrogen and oxygen atoms in total. The fourth-order valence-electron chi connectivity index (χ4n) is 2.30. The summed E-state index contributed by atoms with van der Waals surface area (Å²) in [5, 5.41) is 2.68. The number of hydrogen-bond donors (Lipinski definition) is 1. The molecule has 0 aliphatic rings. The lowest BCUT2D eigenvalue weighted by atomic mass is 9.87. The summed E-state index contributed by atoms with van der Waals surface area (Å²) in [7, 11) is 1.68. The van der Waals surface area contributed by atoms with Gasteiger partial charge in [-0.1, -0.05) is 60.7 Å². The fraction of sp³-hybridized carbons (Fsp3) is 0.235. The van der Waals surface area contributed by atoms with E-state index >= 15 is 0 Å². The van der Waals surface area contributed by atoms with Gasteiger partial charge in [-0.3, -0.25) is 4.79 Å². The Hall–Kier alpha value is -2.09. The van der Waals surface area contributed by atoms with Crippen molar-refractivity contribution >= 4 is 5.91 Å². The Kier molecular flexibility index (Phi) is 4.73. The summed E-state index contributed by atoms with van der Waals surface area (Å²) in [4.78, 5) is 11.5. The minimum absolute atomic E-state index is 0.0943. The minimum Gasteiger partial charge on any atom is -0.359 e. The molecule has 0 radical (unpaired) electrons. The van der Waals surface area contributed by atoms with E-state index in [4.69, 9.17) is 0 Å². The number of nitrogens with one attached hydrogen (secondary N) is 1. The van der Waals surface area contributed by atoms with Crippen LogP contribution in [-0.2, 0) is 4.79 Å². The van der Waals surface area contributed by atoms with E-state index in [1.807, 2.05) is 36.4 Å². The van der Waals surface area contributed by atoms with E-state index in [0.717, 1.165) is 6.42 Å². The maximum Gasteiger partial charge on any atom is 0.219 e. The predicted molar refractivity (Wildman–Crippen MR) is 78.0 cm³/mol. The molecule has 0 aromatic heterocycles. The van der Waals surface area contributed by atoms with E-state index in [9.17, 15) is 4.79 Å². The van der Waals surface area contributed by atoms with Gasteiger partial charge in [0.25, 0.3) is 0 Å². The first kappa shape index (κ1) is 13.3. The van der Waals surface area contributed by atoms with Crippen LogP contribution < -0.4 is 5.32 Å². The van der Waals surface area contributed by atoms with Crippen LogP contribution in [0, 0.1) is 0 Å². The maximum atomic E-state index is 11.5. The highest BCUT2D eigenvalue weighted by Crippen LogP contribution is 2.28. The molecule has 0 aliphatic carbocycles. The van der Waals surface area contributed by atoms with Gasteiger partial charge in [0.2, 0.25) is 5.91 Å². The molecule has 1 amide bonds. The lowest BCUT2D eigenvalue weighted by molar-refractivity contribution is -0.120. The first-order valence-corrected chi connectivity index (χ1v) is 6.61. The minimum atomic E-state index is 0.0943. The van der Waals surface area contributed by atoms with Crippen LogP contribution in [-0.4, -0.2) is 13.0 Å². The zero-order chi connectivity index (χ0) is 13.5. The number of carbonyl (C=O) groups excluding carboxylic acids is 1. The molecule has 2 rings (SSSR count). The summed E-state index contributed by atoms with van der Waals surface area (Å²) in [6, 6.07) is 20.7. The summed E-state index contributed by atoms with van der Waals surface area (Å²) < 4.78 is 0. The molecule has 0 unspecified atom stereocenters. The number of hydrogen-bond acceptors (Lipinski definition) is 1. The van der Waals surface area contributed by atoms with Crippen molar-refractivity contribution < 1.29 is 4.79 Å². The SMILES string of the molecule is CNC(=O)CCC(c1ccccc1)c1ccccc1. The molecule has 98 valence electrons. The lowest BCUT2D eigenvalue weighted by Gasteiger charge is -2.17. The van der Waals surface area contributed by atoms with Gasteiger partial charge in [-0.25, -0.2) is 0 Å². The number of benzene rings is 2. The Labute approximate surface area is 114 Å². The molecule has 1 N–H and O–H groups in total. The van der Waals surface area contributed by atoms with Gasteiger partial charge < -0.3 is 5.32 Å². The zero-order valence-electron chi connectivity index (χ0n) is 11.2. The van der Waals surface area contributed by atoms with Crippen molar-refractivity contribution in [3.8, 4) is 0 Å².